The molecule has 176 valence electrons. The number of anilines is 1. The number of alkyl halides is 6. The normalized spacial score (nSPS) is 11.3. The zero-order valence-corrected chi connectivity index (χ0v) is 16.4. The van der Waals surface area contributed by atoms with Crippen LogP contribution in [0.4, 0.5) is 32.0 Å². The summed E-state index contributed by atoms with van der Waals surface area (Å²) in [5.74, 6) is -2.61. The van der Waals surface area contributed by atoms with Crippen LogP contribution in [-0.4, -0.2) is 33.3 Å². The first-order valence-electron chi connectivity index (χ1n) is 8.99. The number of rotatable bonds is 5. The number of nitrogens with zero attached hydrogens (tertiary/aromatic N) is 2. The molecule has 3 aromatic rings. The molecule has 0 unspecified atom stereocenters. The molecule has 1 amide bonds. The van der Waals surface area contributed by atoms with Crippen LogP contribution in [-0.2, 0) is 22.2 Å². The highest BCUT2D eigenvalue weighted by atomic mass is 19.4. The van der Waals surface area contributed by atoms with Crippen molar-refractivity contribution in [1.82, 2.24) is 10.1 Å². The van der Waals surface area contributed by atoms with Crippen LogP contribution < -0.4 is 5.32 Å². The summed E-state index contributed by atoms with van der Waals surface area (Å²) in [7, 11) is 0. The van der Waals surface area contributed by atoms with Crippen LogP contribution >= 0.6 is 0 Å². The molecule has 2 aromatic heterocycles. The van der Waals surface area contributed by atoms with E-state index in [-0.39, 0.29) is 12.3 Å². The molecule has 0 bridgehead atoms. The highest BCUT2D eigenvalue weighted by Gasteiger charge is 2.38. The Labute approximate surface area is 182 Å². The lowest BCUT2D eigenvalue weighted by atomic mass is 10.0. The van der Waals surface area contributed by atoms with Gasteiger partial charge < -0.3 is 14.9 Å². The van der Waals surface area contributed by atoms with Crippen molar-refractivity contribution < 1.29 is 45.6 Å². The molecule has 7 nitrogen and oxygen atoms in total. The van der Waals surface area contributed by atoms with Crippen molar-refractivity contribution in [1.29, 1.82) is 0 Å². The highest BCUT2D eigenvalue weighted by molar-refractivity contribution is 5.90. The third-order valence-corrected chi connectivity index (χ3v) is 3.93. The second-order valence-electron chi connectivity index (χ2n) is 6.35. The van der Waals surface area contributed by atoms with E-state index in [0.717, 1.165) is 12.1 Å². The number of carboxylic acid groups (broad SMARTS) is 1. The van der Waals surface area contributed by atoms with E-state index >= 15 is 0 Å². The largest absolute Gasteiger partial charge is 0.490 e. The molecule has 0 spiro atoms. The summed E-state index contributed by atoms with van der Waals surface area (Å²) in [5.41, 5.74) is 0.966. The quantitative estimate of drug-likeness (QED) is 0.506. The van der Waals surface area contributed by atoms with Gasteiger partial charge in [-0.15, -0.1) is 0 Å². The Balaban J connectivity index is 0.000000479. The Morgan fingerprint density at radius 3 is 2.15 bits per heavy atom. The fraction of sp³-hybridized carbons (Fsp3) is 0.200. The Hall–Kier alpha value is -3.90. The minimum Gasteiger partial charge on any atom is -0.475 e. The summed E-state index contributed by atoms with van der Waals surface area (Å²) in [6.45, 7) is 0. The van der Waals surface area contributed by atoms with Crippen LogP contribution in [0, 0.1) is 0 Å². The number of carbonyl (C=O) groups is 2. The van der Waals surface area contributed by atoms with Gasteiger partial charge in [0.15, 0.2) is 5.76 Å². The van der Waals surface area contributed by atoms with Gasteiger partial charge >= 0.3 is 18.3 Å². The molecule has 0 saturated heterocycles. The average molecular weight is 475 g/mol. The lowest BCUT2D eigenvalue weighted by Gasteiger charge is -2.07. The summed E-state index contributed by atoms with van der Waals surface area (Å²) in [4.78, 5) is 24.8. The molecule has 0 radical (unpaired) electrons. The number of carboxylic acids is 1. The molecule has 13 heteroatoms. The van der Waals surface area contributed by atoms with Gasteiger partial charge in [-0.05, 0) is 30.7 Å². The number of aromatic nitrogens is 2. The monoisotopic (exact) mass is 475 g/mol. The number of pyridine rings is 1. The Morgan fingerprint density at radius 1 is 1.00 bits per heavy atom. The van der Waals surface area contributed by atoms with Crippen molar-refractivity contribution in [3.63, 3.8) is 0 Å². The van der Waals surface area contributed by atoms with Crippen molar-refractivity contribution in [2.24, 2.45) is 0 Å². The summed E-state index contributed by atoms with van der Waals surface area (Å²) >= 11 is 0. The number of benzene rings is 1. The number of amides is 1. The third kappa shape index (κ3) is 7.94. The van der Waals surface area contributed by atoms with E-state index in [1.165, 1.54) is 24.5 Å². The maximum atomic E-state index is 12.6. The van der Waals surface area contributed by atoms with Gasteiger partial charge in [-0.25, -0.2) is 4.79 Å². The number of halogens is 6. The zero-order valence-electron chi connectivity index (χ0n) is 16.4. The van der Waals surface area contributed by atoms with Gasteiger partial charge in [0.05, 0.1) is 23.6 Å². The van der Waals surface area contributed by atoms with Gasteiger partial charge in [0.2, 0.25) is 5.91 Å². The molecule has 0 atom stereocenters. The van der Waals surface area contributed by atoms with E-state index in [4.69, 9.17) is 14.4 Å². The van der Waals surface area contributed by atoms with Gasteiger partial charge in [-0.2, -0.15) is 26.3 Å². The summed E-state index contributed by atoms with van der Waals surface area (Å²) in [5, 5.41) is 13.5. The predicted octanol–water partition coefficient (Wildman–Crippen LogP) is 4.96. The first-order chi connectivity index (χ1) is 15.4. The average Bonchev–Trinajstić information content (AvgIpc) is 3.21. The van der Waals surface area contributed by atoms with Gasteiger partial charge in [0, 0.05) is 23.7 Å². The molecule has 2 N–H and O–H groups in total. The number of aliphatic carboxylic acids is 1. The second kappa shape index (κ2) is 10.6. The number of aryl methyl sites for hydroxylation is 1. The topological polar surface area (TPSA) is 105 Å². The van der Waals surface area contributed by atoms with Crippen molar-refractivity contribution in [2.45, 2.75) is 25.2 Å². The first kappa shape index (κ1) is 25.4. The van der Waals surface area contributed by atoms with E-state index < -0.39 is 23.9 Å². The van der Waals surface area contributed by atoms with Crippen LogP contribution in [0.15, 0.2) is 59.5 Å². The Morgan fingerprint density at radius 2 is 1.64 bits per heavy atom. The first-order valence-corrected chi connectivity index (χ1v) is 8.99. The molecule has 2 heterocycles. The fourth-order valence-electron chi connectivity index (χ4n) is 2.40. The van der Waals surface area contributed by atoms with Crippen molar-refractivity contribution in [3.05, 3.63) is 66.1 Å². The molecule has 0 aliphatic heterocycles. The fourth-order valence-corrected chi connectivity index (χ4v) is 2.40. The van der Waals surface area contributed by atoms with Crippen LogP contribution in [0.5, 0.6) is 0 Å². The molecular weight excluding hydrogens is 460 g/mol. The smallest absolute Gasteiger partial charge is 0.475 e. The molecule has 0 fully saturated rings. The van der Waals surface area contributed by atoms with Crippen molar-refractivity contribution in [2.75, 3.05) is 5.32 Å². The molecule has 1 aromatic carbocycles. The van der Waals surface area contributed by atoms with Gasteiger partial charge in [0.1, 0.15) is 0 Å². The molecule has 33 heavy (non-hydrogen) atoms. The van der Waals surface area contributed by atoms with Crippen LogP contribution in [0.25, 0.3) is 11.3 Å². The molecule has 3 rings (SSSR count). The minimum absolute atomic E-state index is 0.170. The Bertz CT molecular complexity index is 1060. The van der Waals surface area contributed by atoms with Gasteiger partial charge in [-0.1, -0.05) is 17.3 Å². The number of hydrogen-bond acceptors (Lipinski definition) is 5. The Kier molecular flexibility index (Phi) is 8.16. The lowest BCUT2D eigenvalue weighted by Crippen LogP contribution is -2.21. The third-order valence-electron chi connectivity index (χ3n) is 3.93. The summed E-state index contributed by atoms with van der Waals surface area (Å²) in [6, 6.07) is 8.04. The number of nitrogens with one attached hydrogen (secondary N) is 1. The molecule has 0 aliphatic carbocycles. The predicted molar refractivity (Wildman–Crippen MR) is 102 cm³/mol. The minimum atomic E-state index is -5.08. The molecule has 0 saturated carbocycles. The van der Waals surface area contributed by atoms with Gasteiger partial charge in [-0.3, -0.25) is 9.78 Å². The maximum absolute atomic E-state index is 12.6. The standard InChI is InChI=1S/C18H14F3N3O2.C2HF3O2/c19-18(20,21)14-6-3-12(4-7-14)17-13(10-23-26-17)5-8-16(25)24-15-2-1-9-22-11-15;3-2(4,5)1(6)7/h1-4,6-7,9-11H,5,8H2,(H,24,25);(H,6,7). The second-order valence-corrected chi connectivity index (χ2v) is 6.35. The van der Waals surface area contributed by atoms with Crippen LogP contribution in [0.2, 0.25) is 0 Å². The van der Waals surface area contributed by atoms with Crippen molar-refractivity contribution in [3.8, 4) is 11.3 Å². The summed E-state index contributed by atoms with van der Waals surface area (Å²) in [6.07, 6.45) is -4.37. The van der Waals surface area contributed by atoms with E-state index in [1.807, 2.05) is 0 Å². The van der Waals surface area contributed by atoms with E-state index in [0.29, 0.717) is 29.0 Å². The highest BCUT2D eigenvalue weighted by Crippen LogP contribution is 2.32. The SMILES string of the molecule is O=C(CCc1cnoc1-c1ccc(C(F)(F)F)cc1)Nc1cccnc1.O=C(O)C(F)(F)F. The number of carbonyl (C=O) groups excluding carboxylic acids is 1. The summed E-state index contributed by atoms with van der Waals surface area (Å²) < 4.78 is 74.8. The van der Waals surface area contributed by atoms with Crippen LogP contribution in [0.1, 0.15) is 17.5 Å². The van der Waals surface area contributed by atoms with Crippen molar-refractivity contribution >= 4 is 17.6 Å². The maximum Gasteiger partial charge on any atom is 0.490 e. The van der Waals surface area contributed by atoms with E-state index in [1.54, 1.807) is 18.3 Å². The molecular formula is C20H15F6N3O4. The van der Waals surface area contributed by atoms with Gasteiger partial charge in [0.25, 0.3) is 0 Å². The zero-order chi connectivity index (χ0) is 24.6. The number of hydrogen-bond donors (Lipinski definition) is 2. The molecule has 0 aliphatic rings. The lowest BCUT2D eigenvalue weighted by molar-refractivity contribution is -0.192. The van der Waals surface area contributed by atoms with E-state index in [9.17, 15) is 31.1 Å². The van der Waals surface area contributed by atoms with E-state index in [2.05, 4.69) is 15.5 Å². The van der Waals surface area contributed by atoms with Crippen LogP contribution in [0.3, 0.4) is 0 Å².